The number of benzene rings is 2. The molecule has 26 heavy (non-hydrogen) atoms. The number of nitrogens with zero attached hydrogens (tertiary/aromatic N) is 2. The summed E-state index contributed by atoms with van der Waals surface area (Å²) in [5.41, 5.74) is 2.51. The van der Waals surface area contributed by atoms with Crippen LogP contribution in [0.3, 0.4) is 0 Å². The van der Waals surface area contributed by atoms with E-state index in [1.165, 1.54) is 0 Å². The Kier molecular flexibility index (Phi) is 5.65. The molecule has 134 valence electrons. The van der Waals surface area contributed by atoms with E-state index in [1.54, 1.807) is 10.8 Å². The van der Waals surface area contributed by atoms with E-state index in [2.05, 4.69) is 27.3 Å². The molecular weight excluding hydrogens is 344 g/mol. The highest BCUT2D eigenvalue weighted by Crippen LogP contribution is 2.17. The minimum absolute atomic E-state index is 0.0900. The average molecular weight is 366 g/mol. The number of nitrogens with one attached hydrogen (secondary N) is 2. The Morgan fingerprint density at radius 1 is 1.12 bits per heavy atom. The molecule has 1 unspecified atom stereocenters. The Hall–Kier alpha value is -2.70. The third-order valence-corrected chi connectivity index (χ3v) is 4.59. The van der Waals surface area contributed by atoms with Crippen LogP contribution in [0.15, 0.2) is 66.9 Å². The summed E-state index contributed by atoms with van der Waals surface area (Å²) in [7, 11) is 4.01. The van der Waals surface area contributed by atoms with Crippen LogP contribution in [0.5, 0.6) is 0 Å². The molecule has 2 aromatic carbocycles. The summed E-state index contributed by atoms with van der Waals surface area (Å²) in [5, 5.41) is 3.03. The predicted octanol–water partition coefficient (Wildman–Crippen LogP) is 3.57. The molecular formula is C20H22N4OS. The number of hydrogen-bond donors (Lipinski definition) is 2. The number of aromatic nitrogens is 2. The summed E-state index contributed by atoms with van der Waals surface area (Å²) in [4.78, 5) is 17.9. The number of H-pyrrole nitrogens is 1. The number of likely N-dealkylation sites (N-methyl/N-ethyl adjacent to an activating group) is 1. The molecule has 0 saturated carbocycles. The zero-order valence-electron chi connectivity index (χ0n) is 14.8. The van der Waals surface area contributed by atoms with E-state index in [4.69, 9.17) is 12.2 Å². The fourth-order valence-corrected chi connectivity index (χ4v) is 3.19. The molecule has 6 heteroatoms. The SMILES string of the molecule is CN(C)C(CNC(=O)c1c[nH]c(=S)n1-c1ccccc1)c1ccccc1. The van der Waals surface area contributed by atoms with Gasteiger partial charge in [-0.2, -0.15) is 0 Å². The van der Waals surface area contributed by atoms with Gasteiger partial charge < -0.3 is 15.2 Å². The lowest BCUT2D eigenvalue weighted by Crippen LogP contribution is -2.35. The lowest BCUT2D eigenvalue weighted by atomic mass is 10.1. The van der Waals surface area contributed by atoms with E-state index < -0.39 is 0 Å². The number of amides is 1. The number of imidazole rings is 1. The van der Waals surface area contributed by atoms with Crippen LogP contribution in [0.2, 0.25) is 0 Å². The molecule has 1 amide bonds. The van der Waals surface area contributed by atoms with Crippen molar-refractivity contribution in [2.24, 2.45) is 0 Å². The molecule has 0 fully saturated rings. The monoisotopic (exact) mass is 366 g/mol. The smallest absolute Gasteiger partial charge is 0.269 e. The van der Waals surface area contributed by atoms with Crippen molar-refractivity contribution in [2.75, 3.05) is 20.6 Å². The first-order valence-corrected chi connectivity index (χ1v) is 8.84. The van der Waals surface area contributed by atoms with Crippen molar-refractivity contribution >= 4 is 18.1 Å². The molecule has 2 N–H and O–H groups in total. The van der Waals surface area contributed by atoms with Gasteiger partial charge in [-0.1, -0.05) is 48.5 Å². The highest BCUT2D eigenvalue weighted by Gasteiger charge is 2.18. The normalized spacial score (nSPS) is 12.1. The summed E-state index contributed by atoms with van der Waals surface area (Å²) >= 11 is 5.35. The number of hydrogen-bond acceptors (Lipinski definition) is 3. The summed E-state index contributed by atoms with van der Waals surface area (Å²) in [6, 6.07) is 19.8. The van der Waals surface area contributed by atoms with E-state index in [9.17, 15) is 4.79 Å². The average Bonchev–Trinajstić information content (AvgIpc) is 3.04. The van der Waals surface area contributed by atoms with Crippen molar-refractivity contribution in [3.63, 3.8) is 0 Å². The number of carbonyl (C=O) groups is 1. The maximum atomic E-state index is 12.8. The van der Waals surface area contributed by atoms with Gasteiger partial charge in [-0.15, -0.1) is 0 Å². The second kappa shape index (κ2) is 8.12. The van der Waals surface area contributed by atoms with Gasteiger partial charge in [0.15, 0.2) is 4.77 Å². The Morgan fingerprint density at radius 3 is 2.35 bits per heavy atom. The van der Waals surface area contributed by atoms with Gasteiger partial charge in [0.25, 0.3) is 5.91 Å². The standard InChI is InChI=1S/C20H22N4OS/c1-23(2)17(15-9-5-3-6-10-15)13-21-19(25)18-14-22-20(26)24(18)16-11-7-4-8-12-16/h3-12,14,17H,13H2,1-2H3,(H,21,25)(H,22,26). The third kappa shape index (κ3) is 3.92. The quantitative estimate of drug-likeness (QED) is 0.656. The summed E-state index contributed by atoms with van der Waals surface area (Å²) in [5.74, 6) is -0.163. The highest BCUT2D eigenvalue weighted by molar-refractivity contribution is 7.71. The molecule has 1 aromatic heterocycles. The van der Waals surface area contributed by atoms with E-state index in [0.717, 1.165) is 11.3 Å². The maximum absolute atomic E-state index is 12.8. The van der Waals surface area contributed by atoms with Gasteiger partial charge in [-0.25, -0.2) is 0 Å². The van der Waals surface area contributed by atoms with Crippen LogP contribution in [0, 0.1) is 4.77 Å². The van der Waals surface area contributed by atoms with Crippen LogP contribution in [0.1, 0.15) is 22.1 Å². The highest BCUT2D eigenvalue weighted by atomic mass is 32.1. The predicted molar refractivity (Wildman–Crippen MR) is 106 cm³/mol. The van der Waals surface area contributed by atoms with Crippen LogP contribution in [0.4, 0.5) is 0 Å². The molecule has 0 spiro atoms. The van der Waals surface area contributed by atoms with Gasteiger partial charge >= 0.3 is 0 Å². The van der Waals surface area contributed by atoms with Crippen molar-refractivity contribution in [1.29, 1.82) is 0 Å². The topological polar surface area (TPSA) is 53.1 Å². The van der Waals surface area contributed by atoms with E-state index in [-0.39, 0.29) is 11.9 Å². The van der Waals surface area contributed by atoms with Gasteiger partial charge in [0.1, 0.15) is 5.69 Å². The molecule has 0 bridgehead atoms. The molecule has 0 radical (unpaired) electrons. The molecule has 3 rings (SSSR count). The summed E-state index contributed by atoms with van der Waals surface area (Å²) in [6.45, 7) is 0.503. The largest absolute Gasteiger partial charge is 0.349 e. The number of para-hydroxylation sites is 1. The van der Waals surface area contributed by atoms with Crippen LogP contribution < -0.4 is 5.32 Å². The Morgan fingerprint density at radius 2 is 1.73 bits per heavy atom. The Balaban J connectivity index is 1.80. The van der Waals surface area contributed by atoms with Crippen LogP contribution in [-0.2, 0) is 0 Å². The third-order valence-electron chi connectivity index (χ3n) is 4.29. The van der Waals surface area contributed by atoms with Crippen LogP contribution >= 0.6 is 12.2 Å². The first kappa shape index (κ1) is 18.1. The molecule has 0 aliphatic heterocycles. The van der Waals surface area contributed by atoms with Crippen LogP contribution in [-0.4, -0.2) is 41.0 Å². The second-order valence-electron chi connectivity index (χ2n) is 6.25. The van der Waals surface area contributed by atoms with Crippen molar-refractivity contribution in [3.05, 3.63) is 82.9 Å². The van der Waals surface area contributed by atoms with Crippen molar-refractivity contribution in [1.82, 2.24) is 19.8 Å². The fourth-order valence-electron chi connectivity index (χ4n) is 2.92. The minimum Gasteiger partial charge on any atom is -0.349 e. The molecule has 0 saturated heterocycles. The number of carbonyl (C=O) groups excluding carboxylic acids is 1. The van der Waals surface area contributed by atoms with E-state index in [1.807, 2.05) is 62.6 Å². The minimum atomic E-state index is -0.163. The molecule has 1 atom stereocenters. The van der Waals surface area contributed by atoms with Gasteiger partial charge in [-0.3, -0.25) is 9.36 Å². The first-order valence-electron chi connectivity index (χ1n) is 8.43. The lowest BCUT2D eigenvalue weighted by molar-refractivity contribution is 0.0935. The molecule has 1 heterocycles. The van der Waals surface area contributed by atoms with Crippen molar-refractivity contribution in [2.45, 2.75) is 6.04 Å². The number of aromatic amines is 1. The molecule has 5 nitrogen and oxygen atoms in total. The van der Waals surface area contributed by atoms with Crippen molar-refractivity contribution < 1.29 is 4.79 Å². The maximum Gasteiger partial charge on any atom is 0.269 e. The molecule has 3 aromatic rings. The molecule has 0 aliphatic carbocycles. The second-order valence-corrected chi connectivity index (χ2v) is 6.64. The van der Waals surface area contributed by atoms with Crippen LogP contribution in [0.25, 0.3) is 5.69 Å². The zero-order valence-corrected chi connectivity index (χ0v) is 15.7. The zero-order chi connectivity index (χ0) is 18.5. The van der Waals surface area contributed by atoms with E-state index in [0.29, 0.717) is 17.0 Å². The summed E-state index contributed by atoms with van der Waals surface area (Å²) in [6.07, 6.45) is 1.65. The van der Waals surface area contributed by atoms with E-state index >= 15 is 0 Å². The lowest BCUT2D eigenvalue weighted by Gasteiger charge is -2.25. The van der Waals surface area contributed by atoms with Gasteiger partial charge in [0, 0.05) is 18.4 Å². The molecule has 0 aliphatic rings. The first-order chi connectivity index (χ1) is 12.6. The summed E-state index contributed by atoms with van der Waals surface area (Å²) < 4.78 is 2.24. The van der Waals surface area contributed by atoms with Gasteiger partial charge in [-0.05, 0) is 44.0 Å². The van der Waals surface area contributed by atoms with Gasteiger partial charge in [0.2, 0.25) is 0 Å². The fraction of sp³-hybridized carbons (Fsp3) is 0.200. The Bertz CT molecular complexity index is 916. The van der Waals surface area contributed by atoms with Gasteiger partial charge in [0.05, 0.1) is 6.04 Å². The van der Waals surface area contributed by atoms with Crippen molar-refractivity contribution in [3.8, 4) is 5.69 Å². The Labute approximate surface area is 158 Å². The number of rotatable bonds is 6.